The summed E-state index contributed by atoms with van der Waals surface area (Å²) in [5.74, 6) is 0. The summed E-state index contributed by atoms with van der Waals surface area (Å²) in [5.41, 5.74) is 16.0. The second-order valence-electron chi connectivity index (χ2n) is 12.6. The van der Waals surface area contributed by atoms with Crippen molar-refractivity contribution in [2.24, 2.45) is 0 Å². The van der Waals surface area contributed by atoms with Crippen molar-refractivity contribution in [3.05, 3.63) is 187 Å². The Morgan fingerprint density at radius 1 is 0.348 bits per heavy atom. The topological polar surface area (TPSA) is 3.24 Å². The Hall–Kier alpha value is -5.66. The lowest BCUT2D eigenvalue weighted by Gasteiger charge is -2.30. The molecule has 7 aromatic rings. The Morgan fingerprint density at radius 3 is 1.61 bits per heavy atom. The van der Waals surface area contributed by atoms with Gasteiger partial charge >= 0.3 is 0 Å². The molecule has 0 aliphatic heterocycles. The number of fused-ring (bicyclic) bond motifs is 3. The van der Waals surface area contributed by atoms with Crippen LogP contribution in [0.1, 0.15) is 25.0 Å². The van der Waals surface area contributed by atoms with Gasteiger partial charge in [-0.05, 0) is 80.4 Å². The lowest BCUT2D eigenvalue weighted by molar-refractivity contribution is 0.660. The summed E-state index contributed by atoms with van der Waals surface area (Å²) in [4.78, 5) is 2.44. The molecule has 0 saturated carbocycles. The van der Waals surface area contributed by atoms with E-state index in [0.29, 0.717) is 0 Å². The number of para-hydroxylation sites is 1. The molecule has 0 fully saturated rings. The molecule has 1 aliphatic rings. The Bertz CT molecular complexity index is 2160. The standard InChI is InChI=1S/C45H35N/c1-45(2)42-22-11-9-21-40(42)41-29-28-38(31-43(41)45)46(37-19-13-18-36(30-37)33-16-7-4-8-17-33)44-23-12-10-20-39(44)35-26-24-34(25-27-35)32-14-5-3-6-15-32/h3-31H,1-2H3. The van der Waals surface area contributed by atoms with Crippen LogP contribution in [0.5, 0.6) is 0 Å². The summed E-state index contributed by atoms with van der Waals surface area (Å²) >= 11 is 0. The lowest BCUT2D eigenvalue weighted by atomic mass is 9.82. The highest BCUT2D eigenvalue weighted by Crippen LogP contribution is 2.51. The minimum atomic E-state index is -0.0910. The quantitative estimate of drug-likeness (QED) is 0.186. The van der Waals surface area contributed by atoms with Gasteiger partial charge in [0.15, 0.2) is 0 Å². The van der Waals surface area contributed by atoms with Crippen LogP contribution < -0.4 is 4.90 Å². The van der Waals surface area contributed by atoms with Gasteiger partial charge in [-0.25, -0.2) is 0 Å². The molecule has 0 saturated heterocycles. The Kier molecular flexibility index (Phi) is 6.88. The number of hydrogen-bond acceptors (Lipinski definition) is 1. The molecule has 8 rings (SSSR count). The Morgan fingerprint density at radius 2 is 0.870 bits per heavy atom. The van der Waals surface area contributed by atoms with Crippen molar-refractivity contribution in [3.8, 4) is 44.5 Å². The van der Waals surface area contributed by atoms with Crippen LogP contribution in [-0.2, 0) is 5.41 Å². The van der Waals surface area contributed by atoms with Gasteiger partial charge in [-0.15, -0.1) is 0 Å². The van der Waals surface area contributed by atoms with E-state index in [-0.39, 0.29) is 5.41 Å². The molecule has 0 spiro atoms. The number of nitrogens with zero attached hydrogens (tertiary/aromatic N) is 1. The fourth-order valence-corrected chi connectivity index (χ4v) is 7.10. The molecule has 7 aromatic carbocycles. The molecule has 1 nitrogen and oxygen atoms in total. The first-order chi connectivity index (χ1) is 22.6. The molecule has 0 aromatic heterocycles. The summed E-state index contributed by atoms with van der Waals surface area (Å²) in [6, 6.07) is 63.8. The zero-order valence-electron chi connectivity index (χ0n) is 26.2. The number of hydrogen-bond donors (Lipinski definition) is 0. The fraction of sp³-hybridized carbons (Fsp3) is 0.0667. The fourth-order valence-electron chi connectivity index (χ4n) is 7.10. The normalized spacial score (nSPS) is 12.7. The predicted molar refractivity (Wildman–Crippen MR) is 195 cm³/mol. The molecule has 0 amide bonds. The molecular formula is C45H35N. The van der Waals surface area contributed by atoms with Gasteiger partial charge in [-0.2, -0.15) is 0 Å². The maximum absolute atomic E-state index is 2.44. The minimum absolute atomic E-state index is 0.0910. The zero-order valence-corrected chi connectivity index (χ0v) is 26.2. The van der Waals surface area contributed by atoms with Crippen molar-refractivity contribution in [2.45, 2.75) is 19.3 Å². The third-order valence-corrected chi connectivity index (χ3v) is 9.48. The van der Waals surface area contributed by atoms with Crippen LogP contribution >= 0.6 is 0 Å². The largest absolute Gasteiger partial charge is 0.310 e. The van der Waals surface area contributed by atoms with E-state index in [1.165, 1.54) is 55.6 Å². The van der Waals surface area contributed by atoms with E-state index >= 15 is 0 Å². The van der Waals surface area contributed by atoms with Crippen LogP contribution in [0.3, 0.4) is 0 Å². The molecule has 1 aliphatic carbocycles. The highest BCUT2D eigenvalue weighted by Gasteiger charge is 2.35. The molecule has 0 N–H and O–H groups in total. The summed E-state index contributed by atoms with van der Waals surface area (Å²) in [6.45, 7) is 4.70. The molecular weight excluding hydrogens is 555 g/mol. The summed E-state index contributed by atoms with van der Waals surface area (Å²) in [7, 11) is 0. The van der Waals surface area contributed by atoms with Crippen LogP contribution in [0.2, 0.25) is 0 Å². The van der Waals surface area contributed by atoms with Crippen LogP contribution in [0.25, 0.3) is 44.5 Å². The predicted octanol–water partition coefficient (Wildman–Crippen LogP) is 12.5. The summed E-state index contributed by atoms with van der Waals surface area (Å²) in [5, 5.41) is 0. The van der Waals surface area contributed by atoms with Crippen LogP contribution in [0.15, 0.2) is 176 Å². The minimum Gasteiger partial charge on any atom is -0.310 e. The molecule has 0 bridgehead atoms. The smallest absolute Gasteiger partial charge is 0.0540 e. The second kappa shape index (κ2) is 11.4. The zero-order chi connectivity index (χ0) is 31.1. The Balaban J connectivity index is 1.30. The highest BCUT2D eigenvalue weighted by atomic mass is 15.1. The average molecular weight is 590 g/mol. The maximum atomic E-state index is 2.44. The van der Waals surface area contributed by atoms with Gasteiger partial charge < -0.3 is 4.90 Å². The van der Waals surface area contributed by atoms with Gasteiger partial charge in [0, 0.05) is 22.4 Å². The number of anilines is 3. The first-order valence-corrected chi connectivity index (χ1v) is 16.0. The monoisotopic (exact) mass is 589 g/mol. The molecule has 46 heavy (non-hydrogen) atoms. The van der Waals surface area contributed by atoms with Gasteiger partial charge in [-0.1, -0.05) is 159 Å². The van der Waals surface area contributed by atoms with Gasteiger partial charge in [0.1, 0.15) is 0 Å². The van der Waals surface area contributed by atoms with Crippen LogP contribution in [-0.4, -0.2) is 0 Å². The van der Waals surface area contributed by atoms with Gasteiger partial charge in [-0.3, -0.25) is 0 Å². The van der Waals surface area contributed by atoms with Crippen molar-refractivity contribution in [1.82, 2.24) is 0 Å². The highest BCUT2D eigenvalue weighted by molar-refractivity contribution is 5.91. The summed E-state index contributed by atoms with van der Waals surface area (Å²) < 4.78 is 0. The molecule has 220 valence electrons. The molecule has 0 radical (unpaired) electrons. The summed E-state index contributed by atoms with van der Waals surface area (Å²) in [6.07, 6.45) is 0. The first-order valence-electron chi connectivity index (χ1n) is 16.0. The van der Waals surface area contributed by atoms with Crippen molar-refractivity contribution in [2.75, 3.05) is 4.90 Å². The van der Waals surface area contributed by atoms with Crippen molar-refractivity contribution in [3.63, 3.8) is 0 Å². The first kappa shape index (κ1) is 27.9. The average Bonchev–Trinajstić information content (AvgIpc) is 3.35. The molecule has 1 heteroatoms. The van der Waals surface area contributed by atoms with Crippen LogP contribution in [0.4, 0.5) is 17.1 Å². The van der Waals surface area contributed by atoms with Gasteiger partial charge in [0.05, 0.1) is 5.69 Å². The van der Waals surface area contributed by atoms with E-state index < -0.39 is 0 Å². The number of rotatable bonds is 6. The second-order valence-corrected chi connectivity index (χ2v) is 12.6. The maximum Gasteiger partial charge on any atom is 0.0540 e. The van der Waals surface area contributed by atoms with Crippen molar-refractivity contribution >= 4 is 17.1 Å². The Labute approximate surface area is 272 Å². The van der Waals surface area contributed by atoms with E-state index in [1.807, 2.05) is 0 Å². The van der Waals surface area contributed by atoms with E-state index in [1.54, 1.807) is 0 Å². The third kappa shape index (κ3) is 4.82. The molecule has 0 unspecified atom stereocenters. The molecule has 0 heterocycles. The van der Waals surface area contributed by atoms with Gasteiger partial charge in [0.2, 0.25) is 0 Å². The lowest BCUT2D eigenvalue weighted by Crippen LogP contribution is -2.17. The van der Waals surface area contributed by atoms with E-state index in [0.717, 1.165) is 17.1 Å². The molecule has 0 atom stereocenters. The van der Waals surface area contributed by atoms with Gasteiger partial charge in [0.25, 0.3) is 0 Å². The SMILES string of the molecule is CC1(C)c2ccccc2-c2ccc(N(c3cccc(-c4ccccc4)c3)c3ccccc3-c3ccc(-c4ccccc4)cc3)cc21. The van der Waals surface area contributed by atoms with Crippen LogP contribution in [0, 0.1) is 0 Å². The number of benzene rings is 7. The van der Waals surface area contributed by atoms with E-state index in [9.17, 15) is 0 Å². The van der Waals surface area contributed by atoms with E-state index in [2.05, 4.69) is 195 Å². The van der Waals surface area contributed by atoms with Crippen molar-refractivity contribution in [1.29, 1.82) is 0 Å². The van der Waals surface area contributed by atoms with E-state index in [4.69, 9.17) is 0 Å². The van der Waals surface area contributed by atoms with Crippen molar-refractivity contribution < 1.29 is 0 Å². The third-order valence-electron chi connectivity index (χ3n) is 9.48.